The predicted molar refractivity (Wildman–Crippen MR) is 90.8 cm³/mol. The number of nitrogens with two attached hydrogens (primary N) is 1. The molecule has 3 N–H and O–H groups in total. The monoisotopic (exact) mass is 317 g/mol. The summed E-state index contributed by atoms with van der Waals surface area (Å²) in [5, 5.41) is 3.01. The highest BCUT2D eigenvalue weighted by Crippen LogP contribution is 2.17. The van der Waals surface area contributed by atoms with E-state index in [9.17, 15) is 9.59 Å². The number of carbonyl (C=O) groups excluding carboxylic acids is 2. The van der Waals surface area contributed by atoms with E-state index >= 15 is 0 Å². The van der Waals surface area contributed by atoms with Crippen LogP contribution < -0.4 is 11.1 Å². The van der Waals surface area contributed by atoms with Gasteiger partial charge in [0.1, 0.15) is 0 Å². The minimum absolute atomic E-state index is 0.0507. The molecule has 5 heteroatoms. The van der Waals surface area contributed by atoms with E-state index < -0.39 is 0 Å². The van der Waals surface area contributed by atoms with E-state index in [1.54, 1.807) is 0 Å². The summed E-state index contributed by atoms with van der Waals surface area (Å²) >= 11 is 0. The fourth-order valence-electron chi connectivity index (χ4n) is 3.10. The van der Waals surface area contributed by atoms with Crippen molar-refractivity contribution in [3.63, 3.8) is 0 Å². The maximum Gasteiger partial charge on any atom is 0.234 e. The molecule has 1 heterocycles. The van der Waals surface area contributed by atoms with Gasteiger partial charge in [0.05, 0.1) is 18.6 Å². The summed E-state index contributed by atoms with van der Waals surface area (Å²) in [6.07, 6.45) is 3.75. The molecule has 0 radical (unpaired) electrons. The summed E-state index contributed by atoms with van der Waals surface area (Å²) < 4.78 is 0. The van der Waals surface area contributed by atoms with Crippen LogP contribution >= 0.6 is 0 Å². The van der Waals surface area contributed by atoms with Crippen molar-refractivity contribution in [2.45, 2.75) is 51.6 Å². The van der Waals surface area contributed by atoms with Crippen LogP contribution in [-0.4, -0.2) is 35.8 Å². The number of rotatable bonds is 6. The highest BCUT2D eigenvalue weighted by molar-refractivity contribution is 5.82. The Morgan fingerprint density at radius 2 is 2.00 bits per heavy atom. The van der Waals surface area contributed by atoms with E-state index in [4.69, 9.17) is 5.73 Å². The molecule has 2 amide bonds. The van der Waals surface area contributed by atoms with Crippen LogP contribution in [0.2, 0.25) is 0 Å². The SMILES string of the molecule is CCc1ccc([C@H](C)NC(=O)CN2CCCC[C@@H]2C(N)=O)cc1. The second-order valence-electron chi connectivity index (χ2n) is 6.27. The van der Waals surface area contributed by atoms with Crippen LogP contribution in [0.5, 0.6) is 0 Å². The van der Waals surface area contributed by atoms with Crippen molar-refractivity contribution in [1.29, 1.82) is 0 Å². The number of aryl methyl sites for hydroxylation is 1. The average molecular weight is 317 g/mol. The van der Waals surface area contributed by atoms with Gasteiger partial charge in [-0.3, -0.25) is 14.5 Å². The Balaban J connectivity index is 1.91. The van der Waals surface area contributed by atoms with Gasteiger partial charge in [-0.2, -0.15) is 0 Å². The van der Waals surface area contributed by atoms with Crippen molar-refractivity contribution in [2.75, 3.05) is 13.1 Å². The summed E-state index contributed by atoms with van der Waals surface area (Å²) in [5.41, 5.74) is 7.81. The van der Waals surface area contributed by atoms with Gasteiger partial charge in [-0.15, -0.1) is 0 Å². The van der Waals surface area contributed by atoms with Crippen molar-refractivity contribution in [1.82, 2.24) is 10.2 Å². The lowest BCUT2D eigenvalue weighted by molar-refractivity contribution is -0.128. The lowest BCUT2D eigenvalue weighted by Gasteiger charge is -2.33. The molecule has 0 aromatic heterocycles. The summed E-state index contributed by atoms with van der Waals surface area (Å²) in [5.74, 6) is -0.397. The lowest BCUT2D eigenvalue weighted by atomic mass is 10.0. The molecule has 2 atom stereocenters. The zero-order valence-electron chi connectivity index (χ0n) is 14.0. The molecule has 126 valence electrons. The second kappa shape index (κ2) is 8.11. The van der Waals surface area contributed by atoms with E-state index in [-0.39, 0.29) is 30.4 Å². The average Bonchev–Trinajstić information content (AvgIpc) is 2.55. The minimum atomic E-state index is -0.333. The summed E-state index contributed by atoms with van der Waals surface area (Å²) in [4.78, 5) is 25.7. The molecule has 1 fully saturated rings. The van der Waals surface area contributed by atoms with E-state index in [0.29, 0.717) is 0 Å². The first-order valence-corrected chi connectivity index (χ1v) is 8.42. The number of hydrogen-bond acceptors (Lipinski definition) is 3. The highest BCUT2D eigenvalue weighted by Gasteiger charge is 2.28. The van der Waals surface area contributed by atoms with Crippen molar-refractivity contribution in [3.8, 4) is 0 Å². The van der Waals surface area contributed by atoms with Gasteiger partial charge in [-0.05, 0) is 43.9 Å². The summed E-state index contributed by atoms with van der Waals surface area (Å²) in [7, 11) is 0. The molecule has 1 aliphatic rings. The molecule has 0 spiro atoms. The Bertz CT molecular complexity index is 542. The van der Waals surface area contributed by atoms with E-state index in [0.717, 1.165) is 37.8 Å². The van der Waals surface area contributed by atoms with Crippen LogP contribution in [0, 0.1) is 0 Å². The Morgan fingerprint density at radius 1 is 1.30 bits per heavy atom. The van der Waals surface area contributed by atoms with Crippen molar-refractivity contribution >= 4 is 11.8 Å². The smallest absolute Gasteiger partial charge is 0.234 e. The zero-order valence-corrected chi connectivity index (χ0v) is 14.0. The molecular weight excluding hydrogens is 290 g/mol. The molecule has 0 saturated carbocycles. The molecular formula is C18H27N3O2. The first-order chi connectivity index (χ1) is 11.0. The van der Waals surface area contributed by atoms with Gasteiger partial charge in [0.25, 0.3) is 0 Å². The fourth-order valence-corrected chi connectivity index (χ4v) is 3.10. The topological polar surface area (TPSA) is 75.4 Å². The number of amides is 2. The van der Waals surface area contributed by atoms with Crippen LogP contribution in [0.25, 0.3) is 0 Å². The highest BCUT2D eigenvalue weighted by atomic mass is 16.2. The van der Waals surface area contributed by atoms with Gasteiger partial charge < -0.3 is 11.1 Å². The van der Waals surface area contributed by atoms with Gasteiger partial charge in [-0.1, -0.05) is 37.6 Å². The number of nitrogens with zero attached hydrogens (tertiary/aromatic N) is 1. The first-order valence-electron chi connectivity index (χ1n) is 8.42. The summed E-state index contributed by atoms with van der Waals surface area (Å²) in [6.45, 7) is 5.07. The number of likely N-dealkylation sites (tertiary alicyclic amines) is 1. The number of nitrogens with one attached hydrogen (secondary N) is 1. The van der Waals surface area contributed by atoms with Crippen molar-refractivity contribution < 1.29 is 9.59 Å². The fraction of sp³-hybridized carbons (Fsp3) is 0.556. The lowest BCUT2D eigenvalue weighted by Crippen LogP contribution is -2.51. The van der Waals surface area contributed by atoms with E-state index in [1.165, 1.54) is 5.56 Å². The number of carbonyl (C=O) groups is 2. The Morgan fingerprint density at radius 3 is 2.61 bits per heavy atom. The van der Waals surface area contributed by atoms with Gasteiger partial charge in [0, 0.05) is 0 Å². The normalized spacial score (nSPS) is 20.0. The molecule has 1 aromatic rings. The number of hydrogen-bond donors (Lipinski definition) is 2. The quantitative estimate of drug-likeness (QED) is 0.839. The summed E-state index contributed by atoms with van der Waals surface area (Å²) in [6, 6.07) is 7.92. The standard InChI is InChI=1S/C18H27N3O2/c1-3-14-7-9-15(10-8-14)13(2)20-17(22)12-21-11-5-4-6-16(21)18(19)23/h7-10,13,16H,3-6,11-12H2,1-2H3,(H2,19,23)(H,20,22)/t13-,16+/m0/s1. The van der Waals surface area contributed by atoms with Gasteiger partial charge in [-0.25, -0.2) is 0 Å². The van der Waals surface area contributed by atoms with E-state index in [2.05, 4.69) is 36.5 Å². The Hall–Kier alpha value is -1.88. The maximum absolute atomic E-state index is 12.3. The van der Waals surface area contributed by atoms with Crippen LogP contribution in [0.3, 0.4) is 0 Å². The van der Waals surface area contributed by atoms with Crippen LogP contribution in [0.4, 0.5) is 0 Å². The minimum Gasteiger partial charge on any atom is -0.368 e. The molecule has 0 unspecified atom stereocenters. The van der Waals surface area contributed by atoms with Gasteiger partial charge >= 0.3 is 0 Å². The predicted octanol–water partition coefficient (Wildman–Crippen LogP) is 1.77. The third-order valence-electron chi connectivity index (χ3n) is 4.55. The number of primary amides is 1. The number of piperidine rings is 1. The first kappa shape index (κ1) is 17.5. The van der Waals surface area contributed by atoms with E-state index in [1.807, 2.05) is 11.8 Å². The third-order valence-corrected chi connectivity index (χ3v) is 4.55. The van der Waals surface area contributed by atoms with Crippen LogP contribution in [-0.2, 0) is 16.0 Å². The zero-order chi connectivity index (χ0) is 16.8. The van der Waals surface area contributed by atoms with Crippen LogP contribution in [0.15, 0.2) is 24.3 Å². The number of benzene rings is 1. The molecule has 0 bridgehead atoms. The Labute approximate surface area is 138 Å². The Kier molecular flexibility index (Phi) is 6.16. The third kappa shape index (κ3) is 4.79. The molecule has 0 aliphatic carbocycles. The van der Waals surface area contributed by atoms with Crippen molar-refractivity contribution in [3.05, 3.63) is 35.4 Å². The second-order valence-corrected chi connectivity index (χ2v) is 6.27. The maximum atomic E-state index is 12.3. The molecule has 1 aromatic carbocycles. The molecule has 23 heavy (non-hydrogen) atoms. The largest absolute Gasteiger partial charge is 0.368 e. The van der Waals surface area contributed by atoms with Gasteiger partial charge in [0.15, 0.2) is 0 Å². The molecule has 1 saturated heterocycles. The molecule has 2 rings (SSSR count). The molecule has 5 nitrogen and oxygen atoms in total. The van der Waals surface area contributed by atoms with Crippen molar-refractivity contribution in [2.24, 2.45) is 5.73 Å². The molecule has 1 aliphatic heterocycles. The van der Waals surface area contributed by atoms with Crippen LogP contribution in [0.1, 0.15) is 50.3 Å². The van der Waals surface area contributed by atoms with Gasteiger partial charge in [0.2, 0.25) is 11.8 Å².